The number of carbonyl (C=O) groups is 1. The van der Waals surface area contributed by atoms with E-state index in [1.54, 1.807) is 11.3 Å². The minimum absolute atomic E-state index is 0.0928. The Hall–Kier alpha value is -0.870. The molecular formula is C9H12N2OS. The van der Waals surface area contributed by atoms with Crippen molar-refractivity contribution >= 4 is 17.2 Å². The number of likely N-dealkylation sites (tertiary alicyclic amines) is 1. The van der Waals surface area contributed by atoms with Gasteiger partial charge in [0.25, 0.3) is 0 Å². The number of β-lactam (4-membered cyclic amide) rings is 1. The molecule has 0 aromatic carbocycles. The summed E-state index contributed by atoms with van der Waals surface area (Å²) in [4.78, 5) is 12.9. The van der Waals surface area contributed by atoms with E-state index in [0.29, 0.717) is 0 Å². The van der Waals surface area contributed by atoms with E-state index < -0.39 is 0 Å². The first-order valence-corrected chi connectivity index (χ1v) is 5.27. The van der Waals surface area contributed by atoms with Gasteiger partial charge in [-0.2, -0.15) is 11.3 Å². The Morgan fingerprint density at radius 1 is 1.69 bits per heavy atom. The lowest BCUT2D eigenvalue weighted by molar-refractivity contribution is -0.142. The van der Waals surface area contributed by atoms with Crippen molar-refractivity contribution in [1.82, 2.24) is 4.90 Å². The summed E-state index contributed by atoms with van der Waals surface area (Å²) < 4.78 is 0. The fourth-order valence-corrected chi connectivity index (χ4v) is 2.13. The molecule has 1 aliphatic rings. The Morgan fingerprint density at radius 3 is 3.08 bits per heavy atom. The number of nitrogens with two attached hydrogens (primary N) is 1. The Balaban J connectivity index is 1.78. The third-order valence-corrected chi connectivity index (χ3v) is 3.03. The normalized spacial score (nSPS) is 21.8. The monoisotopic (exact) mass is 196 g/mol. The summed E-state index contributed by atoms with van der Waals surface area (Å²) in [5.41, 5.74) is 6.78. The molecule has 70 valence electrons. The van der Waals surface area contributed by atoms with Crippen LogP contribution in [0.3, 0.4) is 0 Å². The van der Waals surface area contributed by atoms with Crippen LogP contribution >= 0.6 is 11.3 Å². The molecule has 1 amide bonds. The van der Waals surface area contributed by atoms with Gasteiger partial charge in [0.2, 0.25) is 5.91 Å². The highest BCUT2D eigenvalue weighted by Crippen LogP contribution is 2.11. The van der Waals surface area contributed by atoms with Gasteiger partial charge < -0.3 is 10.6 Å². The largest absolute Gasteiger partial charge is 0.339 e. The Bertz CT molecular complexity index is 297. The van der Waals surface area contributed by atoms with E-state index in [4.69, 9.17) is 5.73 Å². The maximum atomic E-state index is 11.1. The van der Waals surface area contributed by atoms with Crippen molar-refractivity contribution in [1.29, 1.82) is 0 Å². The molecular weight excluding hydrogens is 184 g/mol. The molecule has 2 N–H and O–H groups in total. The summed E-state index contributed by atoms with van der Waals surface area (Å²) in [7, 11) is 0. The Morgan fingerprint density at radius 2 is 2.54 bits per heavy atom. The van der Waals surface area contributed by atoms with Gasteiger partial charge in [-0.25, -0.2) is 0 Å². The smallest absolute Gasteiger partial charge is 0.241 e. The summed E-state index contributed by atoms with van der Waals surface area (Å²) in [5.74, 6) is 0.0928. The van der Waals surface area contributed by atoms with Gasteiger partial charge >= 0.3 is 0 Å². The van der Waals surface area contributed by atoms with Gasteiger partial charge in [-0.1, -0.05) is 0 Å². The van der Waals surface area contributed by atoms with Crippen molar-refractivity contribution in [3.8, 4) is 0 Å². The SMILES string of the molecule is NC1CN(CCc2ccsc2)C1=O. The molecule has 1 unspecified atom stereocenters. The first-order valence-electron chi connectivity index (χ1n) is 4.33. The third-order valence-electron chi connectivity index (χ3n) is 2.30. The molecule has 0 bridgehead atoms. The van der Waals surface area contributed by atoms with Crippen molar-refractivity contribution in [2.45, 2.75) is 12.5 Å². The predicted octanol–water partition coefficient (Wildman–Crippen LogP) is 0.460. The molecule has 0 saturated carbocycles. The van der Waals surface area contributed by atoms with E-state index in [0.717, 1.165) is 19.5 Å². The summed E-state index contributed by atoms with van der Waals surface area (Å²) in [6.45, 7) is 1.53. The van der Waals surface area contributed by atoms with Gasteiger partial charge in [-0.15, -0.1) is 0 Å². The van der Waals surface area contributed by atoms with E-state index in [2.05, 4.69) is 16.8 Å². The summed E-state index contributed by atoms with van der Waals surface area (Å²) in [6, 6.07) is 1.86. The molecule has 3 nitrogen and oxygen atoms in total. The number of rotatable bonds is 3. The molecule has 1 aromatic rings. The van der Waals surface area contributed by atoms with E-state index in [1.165, 1.54) is 5.56 Å². The van der Waals surface area contributed by atoms with Gasteiger partial charge in [-0.3, -0.25) is 4.79 Å². The molecule has 1 aromatic heterocycles. The quantitative estimate of drug-likeness (QED) is 0.714. The second-order valence-corrected chi connectivity index (χ2v) is 4.05. The molecule has 4 heteroatoms. The van der Waals surface area contributed by atoms with Crippen LogP contribution in [-0.2, 0) is 11.2 Å². The van der Waals surface area contributed by atoms with Crippen LogP contribution in [0.5, 0.6) is 0 Å². The van der Waals surface area contributed by atoms with Gasteiger partial charge in [0.05, 0.1) is 0 Å². The van der Waals surface area contributed by atoms with Crippen molar-refractivity contribution in [3.05, 3.63) is 22.4 Å². The Kier molecular flexibility index (Phi) is 2.33. The minimum Gasteiger partial charge on any atom is -0.339 e. The average Bonchev–Trinajstić information content (AvgIpc) is 2.64. The Labute approximate surface area is 81.2 Å². The maximum Gasteiger partial charge on any atom is 0.241 e. The number of nitrogens with zero attached hydrogens (tertiary/aromatic N) is 1. The van der Waals surface area contributed by atoms with Gasteiger partial charge in [0, 0.05) is 13.1 Å². The second-order valence-electron chi connectivity index (χ2n) is 3.27. The zero-order valence-electron chi connectivity index (χ0n) is 7.27. The van der Waals surface area contributed by atoms with Crippen LogP contribution in [0.25, 0.3) is 0 Å². The van der Waals surface area contributed by atoms with Gasteiger partial charge in [-0.05, 0) is 28.8 Å². The van der Waals surface area contributed by atoms with Crippen molar-refractivity contribution in [2.75, 3.05) is 13.1 Å². The molecule has 0 radical (unpaired) electrons. The summed E-state index contributed by atoms with van der Waals surface area (Å²) >= 11 is 1.69. The number of hydrogen-bond donors (Lipinski definition) is 1. The van der Waals surface area contributed by atoms with E-state index in [-0.39, 0.29) is 11.9 Å². The van der Waals surface area contributed by atoms with Crippen LogP contribution < -0.4 is 5.73 Å². The maximum absolute atomic E-state index is 11.1. The predicted molar refractivity (Wildman–Crippen MR) is 52.6 cm³/mol. The topological polar surface area (TPSA) is 46.3 Å². The molecule has 0 aliphatic carbocycles. The van der Waals surface area contributed by atoms with Crippen LogP contribution in [0.1, 0.15) is 5.56 Å². The molecule has 1 saturated heterocycles. The van der Waals surface area contributed by atoms with Crippen LogP contribution in [-0.4, -0.2) is 29.9 Å². The third kappa shape index (κ3) is 1.73. The fraction of sp³-hybridized carbons (Fsp3) is 0.444. The molecule has 13 heavy (non-hydrogen) atoms. The minimum atomic E-state index is -0.234. The number of carbonyl (C=O) groups excluding carboxylic acids is 1. The van der Waals surface area contributed by atoms with E-state index >= 15 is 0 Å². The molecule has 1 fully saturated rings. The van der Waals surface area contributed by atoms with E-state index in [1.807, 2.05) is 4.90 Å². The molecule has 1 aliphatic heterocycles. The molecule has 2 heterocycles. The van der Waals surface area contributed by atoms with Crippen molar-refractivity contribution < 1.29 is 4.79 Å². The lowest BCUT2D eigenvalue weighted by Crippen LogP contribution is -2.61. The van der Waals surface area contributed by atoms with Crippen LogP contribution in [0.2, 0.25) is 0 Å². The molecule has 1 atom stereocenters. The van der Waals surface area contributed by atoms with Crippen LogP contribution in [0.15, 0.2) is 16.8 Å². The van der Waals surface area contributed by atoms with Crippen molar-refractivity contribution in [2.24, 2.45) is 5.73 Å². The average molecular weight is 196 g/mol. The zero-order chi connectivity index (χ0) is 9.26. The highest BCUT2D eigenvalue weighted by atomic mass is 32.1. The summed E-state index contributed by atoms with van der Waals surface area (Å²) in [6.07, 6.45) is 0.946. The zero-order valence-corrected chi connectivity index (χ0v) is 8.09. The van der Waals surface area contributed by atoms with Gasteiger partial charge in [0.1, 0.15) is 6.04 Å². The van der Waals surface area contributed by atoms with Gasteiger partial charge in [0.15, 0.2) is 0 Å². The lowest BCUT2D eigenvalue weighted by atomic mass is 10.1. The van der Waals surface area contributed by atoms with Crippen molar-refractivity contribution in [3.63, 3.8) is 0 Å². The number of hydrogen-bond acceptors (Lipinski definition) is 3. The van der Waals surface area contributed by atoms with Crippen LogP contribution in [0.4, 0.5) is 0 Å². The number of thiophene rings is 1. The molecule has 2 rings (SSSR count). The molecule has 0 spiro atoms. The first kappa shape index (κ1) is 8.72. The summed E-state index contributed by atoms with van der Waals surface area (Å²) in [5, 5.41) is 4.17. The second kappa shape index (κ2) is 3.47. The highest BCUT2D eigenvalue weighted by Gasteiger charge is 2.32. The lowest BCUT2D eigenvalue weighted by Gasteiger charge is -2.36. The number of amides is 1. The van der Waals surface area contributed by atoms with E-state index in [9.17, 15) is 4.79 Å². The fourth-order valence-electron chi connectivity index (χ4n) is 1.43. The highest BCUT2D eigenvalue weighted by molar-refractivity contribution is 7.07. The van der Waals surface area contributed by atoms with Crippen LogP contribution in [0, 0.1) is 0 Å². The first-order chi connectivity index (χ1) is 6.27. The standard InChI is InChI=1S/C9H12N2OS/c10-8-5-11(9(8)12)3-1-7-2-4-13-6-7/h2,4,6,8H,1,3,5,10H2.